The van der Waals surface area contributed by atoms with Crippen LogP contribution >= 0.6 is 15.9 Å². The lowest BCUT2D eigenvalue weighted by molar-refractivity contribution is -0.0918. The Labute approximate surface area is 152 Å². The highest BCUT2D eigenvalue weighted by molar-refractivity contribution is 9.10. The molecule has 1 saturated heterocycles. The highest BCUT2D eigenvalue weighted by Crippen LogP contribution is 2.24. The van der Waals surface area contributed by atoms with Crippen molar-refractivity contribution in [2.24, 2.45) is 0 Å². The van der Waals surface area contributed by atoms with Gasteiger partial charge in [-0.2, -0.15) is 5.10 Å². The molecule has 0 aromatic carbocycles. The summed E-state index contributed by atoms with van der Waals surface area (Å²) in [7, 11) is 0. The smallest absolute Gasteiger partial charge is 0.407 e. The lowest BCUT2D eigenvalue weighted by atomic mass is 10.0. The van der Waals surface area contributed by atoms with Gasteiger partial charge in [0.15, 0.2) is 5.82 Å². The molecule has 3 N–H and O–H groups in total. The molecule has 1 atom stereocenters. The summed E-state index contributed by atoms with van der Waals surface area (Å²) in [5.41, 5.74) is 6.54. The summed E-state index contributed by atoms with van der Waals surface area (Å²) < 4.78 is 8.00. The van der Waals surface area contributed by atoms with Crippen molar-refractivity contribution < 1.29 is 14.6 Å². The molecule has 25 heavy (non-hydrogen) atoms. The van der Waals surface area contributed by atoms with Gasteiger partial charge in [0.05, 0.1) is 49.4 Å². The number of nitrogens with two attached hydrogens (primary N) is 1. The molecule has 0 unspecified atom stereocenters. The van der Waals surface area contributed by atoms with Crippen molar-refractivity contribution in [1.82, 2.24) is 24.6 Å². The van der Waals surface area contributed by atoms with Gasteiger partial charge in [-0.15, -0.1) is 0 Å². The van der Waals surface area contributed by atoms with Gasteiger partial charge in [0, 0.05) is 11.8 Å². The van der Waals surface area contributed by atoms with Crippen molar-refractivity contribution in [3.8, 4) is 11.3 Å². The molecule has 134 valence electrons. The Morgan fingerprint density at radius 2 is 2.28 bits per heavy atom. The Bertz CT molecular complexity index is 793. The van der Waals surface area contributed by atoms with Crippen LogP contribution in [0.2, 0.25) is 0 Å². The van der Waals surface area contributed by atoms with Gasteiger partial charge >= 0.3 is 6.09 Å². The van der Waals surface area contributed by atoms with E-state index in [9.17, 15) is 9.90 Å². The molecular weight excluding hydrogens is 392 g/mol. The molecule has 0 radical (unpaired) electrons. The second-order valence-corrected chi connectivity index (χ2v) is 7.27. The van der Waals surface area contributed by atoms with Gasteiger partial charge in [0.1, 0.15) is 4.60 Å². The lowest BCUT2D eigenvalue weighted by Gasteiger charge is -2.43. The Hall–Kier alpha value is -2.20. The molecule has 2 aromatic heterocycles. The number of hydrogen-bond donors (Lipinski definition) is 2. The third kappa shape index (κ3) is 3.74. The third-order valence-electron chi connectivity index (χ3n) is 4.10. The zero-order valence-corrected chi connectivity index (χ0v) is 15.5. The number of anilines is 1. The molecule has 0 spiro atoms. The van der Waals surface area contributed by atoms with Crippen LogP contribution in [-0.2, 0) is 11.3 Å². The molecule has 0 aliphatic carbocycles. The van der Waals surface area contributed by atoms with Crippen molar-refractivity contribution in [1.29, 1.82) is 0 Å². The summed E-state index contributed by atoms with van der Waals surface area (Å²) in [6, 6.07) is 0. The Morgan fingerprint density at radius 3 is 2.96 bits per heavy atom. The average molecular weight is 411 g/mol. The quantitative estimate of drug-likeness (QED) is 0.791. The number of morpholine rings is 1. The van der Waals surface area contributed by atoms with Crippen molar-refractivity contribution in [2.45, 2.75) is 32.0 Å². The fraction of sp³-hybridized carbons (Fsp3) is 0.467. The lowest BCUT2D eigenvalue weighted by Crippen LogP contribution is -2.58. The summed E-state index contributed by atoms with van der Waals surface area (Å²) in [4.78, 5) is 21.2. The molecular formula is C15H19BrN6O3. The molecule has 1 aliphatic rings. The summed E-state index contributed by atoms with van der Waals surface area (Å²) in [5.74, 6) is 0.322. The number of hydrogen-bond acceptors (Lipinski definition) is 6. The standard InChI is InChI=1S/C15H19BrN6O3/c1-15(2)8-25-10(7-22(15)14(23)24)6-21-5-9(3-19-21)11-4-18-13(17)12(16)20-11/h3-5,10H,6-8H2,1-2H3,(H2,17,18)(H,23,24)/t10-/m1/s1. The molecule has 3 heterocycles. The van der Waals surface area contributed by atoms with Crippen LogP contribution in [0.1, 0.15) is 13.8 Å². The predicted molar refractivity (Wildman–Crippen MR) is 93.9 cm³/mol. The molecule has 2 aromatic rings. The van der Waals surface area contributed by atoms with Crippen LogP contribution < -0.4 is 5.73 Å². The van der Waals surface area contributed by atoms with E-state index in [1.165, 1.54) is 4.90 Å². The van der Waals surface area contributed by atoms with Gasteiger partial charge in [-0.25, -0.2) is 14.8 Å². The highest BCUT2D eigenvalue weighted by Gasteiger charge is 2.38. The number of halogens is 1. The van der Waals surface area contributed by atoms with E-state index in [4.69, 9.17) is 10.5 Å². The van der Waals surface area contributed by atoms with Crippen LogP contribution in [0, 0.1) is 0 Å². The SMILES string of the molecule is CC1(C)CO[C@H](Cn2cc(-c3cnc(N)c(Br)n3)cn2)CN1C(=O)O. The Balaban J connectivity index is 1.71. The van der Waals surface area contributed by atoms with Crippen LogP contribution in [0.15, 0.2) is 23.2 Å². The molecule has 10 heteroatoms. The van der Waals surface area contributed by atoms with Gasteiger partial charge < -0.3 is 15.6 Å². The van der Waals surface area contributed by atoms with Crippen molar-refractivity contribution in [3.63, 3.8) is 0 Å². The first kappa shape index (κ1) is 17.6. The van der Waals surface area contributed by atoms with Crippen LogP contribution in [0.3, 0.4) is 0 Å². The molecule has 1 aliphatic heterocycles. The second-order valence-electron chi connectivity index (χ2n) is 6.52. The fourth-order valence-corrected chi connectivity index (χ4v) is 2.96. The molecule has 9 nitrogen and oxygen atoms in total. The molecule has 0 bridgehead atoms. The third-order valence-corrected chi connectivity index (χ3v) is 4.68. The summed E-state index contributed by atoms with van der Waals surface area (Å²) in [6.07, 6.45) is 3.87. The number of ether oxygens (including phenoxy) is 1. The van der Waals surface area contributed by atoms with E-state index in [-0.39, 0.29) is 6.10 Å². The van der Waals surface area contributed by atoms with Crippen molar-refractivity contribution in [2.75, 3.05) is 18.9 Å². The van der Waals surface area contributed by atoms with Crippen molar-refractivity contribution >= 4 is 27.8 Å². The maximum Gasteiger partial charge on any atom is 0.407 e. The number of carbonyl (C=O) groups is 1. The second kappa shape index (κ2) is 6.60. The van der Waals surface area contributed by atoms with Gasteiger partial charge in [-0.05, 0) is 29.8 Å². The molecule has 1 fully saturated rings. The average Bonchev–Trinajstić information content (AvgIpc) is 3.00. The van der Waals surface area contributed by atoms with E-state index in [2.05, 4.69) is 31.0 Å². The maximum atomic E-state index is 11.4. The Morgan fingerprint density at radius 1 is 1.52 bits per heavy atom. The highest BCUT2D eigenvalue weighted by atomic mass is 79.9. The monoisotopic (exact) mass is 410 g/mol. The van der Waals surface area contributed by atoms with Crippen LogP contribution in [0.5, 0.6) is 0 Å². The van der Waals surface area contributed by atoms with E-state index < -0.39 is 11.6 Å². The largest absolute Gasteiger partial charge is 0.465 e. The minimum absolute atomic E-state index is 0.263. The number of amides is 1. The fourth-order valence-electron chi connectivity index (χ4n) is 2.67. The van der Waals surface area contributed by atoms with Gasteiger partial charge in [0.2, 0.25) is 0 Å². The minimum atomic E-state index is -0.943. The number of nitrogen functional groups attached to an aromatic ring is 1. The number of nitrogens with zero attached hydrogens (tertiary/aromatic N) is 5. The molecule has 0 saturated carbocycles. The number of carboxylic acid groups (broad SMARTS) is 1. The number of aromatic nitrogens is 4. The maximum absolute atomic E-state index is 11.4. The molecule has 3 rings (SSSR count). The number of rotatable bonds is 3. The summed E-state index contributed by atoms with van der Waals surface area (Å²) >= 11 is 3.25. The first-order valence-corrected chi connectivity index (χ1v) is 8.48. The van der Waals surface area contributed by atoms with Crippen LogP contribution in [-0.4, -0.2) is 60.6 Å². The summed E-state index contributed by atoms with van der Waals surface area (Å²) in [6.45, 7) is 4.78. The first-order valence-electron chi connectivity index (χ1n) is 7.69. The normalized spacial score (nSPS) is 19.8. The van der Waals surface area contributed by atoms with E-state index in [0.717, 1.165) is 5.56 Å². The van der Waals surface area contributed by atoms with E-state index >= 15 is 0 Å². The van der Waals surface area contributed by atoms with E-state index in [1.54, 1.807) is 17.1 Å². The van der Waals surface area contributed by atoms with Crippen molar-refractivity contribution in [3.05, 3.63) is 23.2 Å². The van der Waals surface area contributed by atoms with Crippen LogP contribution in [0.25, 0.3) is 11.3 Å². The van der Waals surface area contributed by atoms with Gasteiger partial charge in [-0.1, -0.05) is 0 Å². The predicted octanol–water partition coefficient (Wildman–Crippen LogP) is 1.84. The Kier molecular flexibility index (Phi) is 4.65. The summed E-state index contributed by atoms with van der Waals surface area (Å²) in [5, 5.41) is 13.7. The van der Waals surface area contributed by atoms with E-state index in [0.29, 0.717) is 35.8 Å². The molecule has 1 amide bonds. The topological polar surface area (TPSA) is 119 Å². The minimum Gasteiger partial charge on any atom is -0.465 e. The van der Waals surface area contributed by atoms with E-state index in [1.807, 2.05) is 20.0 Å². The van der Waals surface area contributed by atoms with Gasteiger partial charge in [-0.3, -0.25) is 9.58 Å². The zero-order chi connectivity index (χ0) is 18.2. The zero-order valence-electron chi connectivity index (χ0n) is 13.9. The van der Waals surface area contributed by atoms with Gasteiger partial charge in [0.25, 0.3) is 0 Å². The first-order chi connectivity index (χ1) is 11.8. The van der Waals surface area contributed by atoms with Crippen LogP contribution in [0.4, 0.5) is 10.6 Å².